The lowest BCUT2D eigenvalue weighted by Gasteiger charge is -2.26. The summed E-state index contributed by atoms with van der Waals surface area (Å²) < 4.78 is 0. The number of rotatable bonds is 5. The van der Waals surface area contributed by atoms with E-state index >= 15 is 0 Å². The van der Waals surface area contributed by atoms with Crippen molar-refractivity contribution < 1.29 is 9.59 Å². The number of hydrogen-bond acceptors (Lipinski definition) is 2. The molecule has 1 fully saturated rings. The number of primary amides is 1. The Kier molecular flexibility index (Phi) is 4.69. The molecular weight excluding hydrogens is 302 g/mol. The van der Waals surface area contributed by atoms with Crippen LogP contribution in [0, 0.1) is 0 Å². The molecule has 0 saturated heterocycles. The summed E-state index contributed by atoms with van der Waals surface area (Å²) in [5.41, 5.74) is 5.77. The van der Waals surface area contributed by atoms with Gasteiger partial charge in [0.2, 0.25) is 5.91 Å². The molecule has 0 aliphatic heterocycles. The van der Waals surface area contributed by atoms with Crippen molar-refractivity contribution in [3.63, 3.8) is 0 Å². The summed E-state index contributed by atoms with van der Waals surface area (Å²) in [6.45, 7) is 0.513. The molecule has 3 rings (SSSR count). The highest BCUT2D eigenvalue weighted by Crippen LogP contribution is 2.29. The topological polar surface area (TPSA) is 84.2 Å². The molecular formula is C19H23N3O2. The average molecular weight is 325 g/mol. The number of urea groups is 1. The fourth-order valence-corrected chi connectivity index (χ4v) is 3.39. The van der Waals surface area contributed by atoms with Crippen LogP contribution < -0.4 is 16.4 Å². The van der Waals surface area contributed by atoms with Crippen LogP contribution in [0.25, 0.3) is 10.8 Å². The van der Waals surface area contributed by atoms with Gasteiger partial charge in [-0.05, 0) is 35.6 Å². The van der Waals surface area contributed by atoms with E-state index in [1.165, 1.54) is 16.3 Å². The van der Waals surface area contributed by atoms with Crippen LogP contribution in [0.4, 0.5) is 4.79 Å². The molecule has 0 radical (unpaired) electrons. The third-order valence-corrected chi connectivity index (χ3v) is 4.79. The third kappa shape index (κ3) is 3.50. The lowest BCUT2D eigenvalue weighted by atomic mass is 9.97. The Labute approximate surface area is 141 Å². The largest absolute Gasteiger partial charge is 0.368 e. The molecule has 126 valence electrons. The minimum atomic E-state index is -0.868. The van der Waals surface area contributed by atoms with Gasteiger partial charge in [0, 0.05) is 6.54 Å². The molecule has 5 heteroatoms. The van der Waals surface area contributed by atoms with Crippen LogP contribution in [0.15, 0.2) is 42.5 Å². The van der Waals surface area contributed by atoms with Crippen LogP contribution in [0.3, 0.4) is 0 Å². The first kappa shape index (κ1) is 16.3. The quantitative estimate of drug-likeness (QED) is 0.789. The van der Waals surface area contributed by atoms with Gasteiger partial charge in [0.05, 0.1) is 0 Å². The van der Waals surface area contributed by atoms with Crippen molar-refractivity contribution >= 4 is 22.7 Å². The van der Waals surface area contributed by atoms with Crippen molar-refractivity contribution in [2.45, 2.75) is 37.6 Å². The molecule has 2 aromatic carbocycles. The van der Waals surface area contributed by atoms with Gasteiger partial charge in [-0.1, -0.05) is 55.3 Å². The van der Waals surface area contributed by atoms with Crippen LogP contribution >= 0.6 is 0 Å². The molecule has 4 N–H and O–H groups in total. The van der Waals surface area contributed by atoms with Crippen LogP contribution in [0.5, 0.6) is 0 Å². The average Bonchev–Trinajstić information content (AvgIpc) is 3.04. The number of nitrogens with two attached hydrogens (primary N) is 1. The first-order chi connectivity index (χ1) is 11.6. The van der Waals surface area contributed by atoms with Crippen molar-refractivity contribution in [1.29, 1.82) is 0 Å². The lowest BCUT2D eigenvalue weighted by Crippen LogP contribution is -2.58. The summed E-state index contributed by atoms with van der Waals surface area (Å²) in [7, 11) is 0. The minimum absolute atomic E-state index is 0.323. The van der Waals surface area contributed by atoms with E-state index in [0.717, 1.165) is 19.3 Å². The molecule has 0 aromatic heterocycles. The second kappa shape index (κ2) is 6.91. The summed E-state index contributed by atoms with van der Waals surface area (Å²) >= 11 is 0. The molecule has 1 aliphatic carbocycles. The molecule has 0 heterocycles. The zero-order valence-electron chi connectivity index (χ0n) is 13.7. The fourth-order valence-electron chi connectivity index (χ4n) is 3.39. The van der Waals surface area contributed by atoms with Crippen molar-refractivity contribution in [2.75, 3.05) is 6.54 Å². The van der Waals surface area contributed by atoms with Gasteiger partial charge in [0.15, 0.2) is 0 Å². The standard InChI is InChI=1S/C19H23N3O2/c20-17(23)19(10-3-4-11-19)22-18(24)21-12-9-14-7-8-15-5-1-2-6-16(15)13-14/h1-2,5-8,13H,3-4,9-12H2,(H2,20,23)(H2,21,22,24). The number of carbonyl (C=O) groups excluding carboxylic acids is 2. The Morgan fingerprint density at radius 2 is 1.75 bits per heavy atom. The third-order valence-electron chi connectivity index (χ3n) is 4.79. The maximum absolute atomic E-state index is 12.1. The summed E-state index contributed by atoms with van der Waals surface area (Å²) in [6, 6.07) is 14.2. The molecule has 0 bridgehead atoms. The zero-order valence-corrected chi connectivity index (χ0v) is 13.7. The van der Waals surface area contributed by atoms with E-state index in [1.807, 2.05) is 12.1 Å². The van der Waals surface area contributed by atoms with Gasteiger partial charge < -0.3 is 16.4 Å². The number of hydrogen-bond donors (Lipinski definition) is 3. The van der Waals surface area contributed by atoms with Gasteiger partial charge in [-0.15, -0.1) is 0 Å². The molecule has 24 heavy (non-hydrogen) atoms. The monoisotopic (exact) mass is 325 g/mol. The Balaban J connectivity index is 1.53. The van der Waals surface area contributed by atoms with Crippen LogP contribution in [0.1, 0.15) is 31.2 Å². The summed E-state index contributed by atoms with van der Waals surface area (Å²) in [4.78, 5) is 23.7. The number of nitrogens with one attached hydrogen (secondary N) is 2. The van der Waals surface area contributed by atoms with Crippen LogP contribution in [0.2, 0.25) is 0 Å². The zero-order chi connectivity index (χ0) is 17.0. The number of fused-ring (bicyclic) bond motifs is 1. The fraction of sp³-hybridized carbons (Fsp3) is 0.368. The Morgan fingerprint density at radius 1 is 1.04 bits per heavy atom. The maximum Gasteiger partial charge on any atom is 0.315 e. The van der Waals surface area contributed by atoms with E-state index in [-0.39, 0.29) is 6.03 Å². The second-order valence-electron chi connectivity index (χ2n) is 6.47. The Bertz CT molecular complexity index is 751. The predicted molar refractivity (Wildman–Crippen MR) is 94.6 cm³/mol. The highest BCUT2D eigenvalue weighted by molar-refractivity contribution is 5.90. The van der Waals surface area contributed by atoms with Crippen LogP contribution in [-0.2, 0) is 11.2 Å². The molecule has 3 amide bonds. The molecule has 0 spiro atoms. The predicted octanol–water partition coefficient (Wildman–Crippen LogP) is 2.48. The van der Waals surface area contributed by atoms with E-state index in [0.29, 0.717) is 19.4 Å². The van der Waals surface area contributed by atoms with Crippen LogP contribution in [-0.4, -0.2) is 24.0 Å². The van der Waals surface area contributed by atoms with Gasteiger partial charge >= 0.3 is 6.03 Å². The number of benzene rings is 2. The van der Waals surface area contributed by atoms with Gasteiger partial charge in [0.25, 0.3) is 0 Å². The molecule has 2 aromatic rings. The van der Waals surface area contributed by atoms with Crippen molar-refractivity contribution in [1.82, 2.24) is 10.6 Å². The molecule has 1 aliphatic rings. The molecule has 0 atom stereocenters. The van der Waals surface area contributed by atoms with E-state index in [9.17, 15) is 9.59 Å². The first-order valence-corrected chi connectivity index (χ1v) is 8.43. The van der Waals surface area contributed by atoms with E-state index in [1.54, 1.807) is 0 Å². The van der Waals surface area contributed by atoms with E-state index in [4.69, 9.17) is 5.73 Å². The second-order valence-corrected chi connectivity index (χ2v) is 6.47. The number of amides is 3. The van der Waals surface area contributed by atoms with Gasteiger partial charge in [-0.25, -0.2) is 4.79 Å². The summed E-state index contributed by atoms with van der Waals surface area (Å²) in [5.74, 6) is -0.440. The maximum atomic E-state index is 12.1. The van der Waals surface area contributed by atoms with Crippen molar-refractivity contribution in [2.24, 2.45) is 5.73 Å². The van der Waals surface area contributed by atoms with Gasteiger partial charge in [-0.2, -0.15) is 0 Å². The van der Waals surface area contributed by atoms with Crippen molar-refractivity contribution in [3.05, 3.63) is 48.0 Å². The molecule has 0 unspecified atom stereocenters. The minimum Gasteiger partial charge on any atom is -0.368 e. The number of carbonyl (C=O) groups is 2. The highest BCUT2D eigenvalue weighted by Gasteiger charge is 2.40. The van der Waals surface area contributed by atoms with E-state index < -0.39 is 11.4 Å². The van der Waals surface area contributed by atoms with E-state index in [2.05, 4.69) is 41.0 Å². The summed E-state index contributed by atoms with van der Waals surface area (Å²) in [6.07, 6.45) is 3.82. The Morgan fingerprint density at radius 3 is 2.46 bits per heavy atom. The Hall–Kier alpha value is -2.56. The van der Waals surface area contributed by atoms with Crippen molar-refractivity contribution in [3.8, 4) is 0 Å². The SMILES string of the molecule is NC(=O)C1(NC(=O)NCCc2ccc3ccccc3c2)CCCC1. The summed E-state index contributed by atoms with van der Waals surface area (Å²) in [5, 5.41) is 8.01. The smallest absolute Gasteiger partial charge is 0.315 e. The highest BCUT2D eigenvalue weighted by atomic mass is 16.2. The van der Waals surface area contributed by atoms with Gasteiger partial charge in [0.1, 0.15) is 5.54 Å². The molecule has 5 nitrogen and oxygen atoms in total. The normalized spacial score (nSPS) is 16.0. The lowest BCUT2D eigenvalue weighted by molar-refractivity contribution is -0.123. The van der Waals surface area contributed by atoms with Gasteiger partial charge in [-0.3, -0.25) is 4.79 Å². The first-order valence-electron chi connectivity index (χ1n) is 8.43. The molecule has 1 saturated carbocycles.